The van der Waals surface area contributed by atoms with Gasteiger partial charge in [-0.3, -0.25) is 0 Å². The molecule has 31 heavy (non-hydrogen) atoms. The van der Waals surface area contributed by atoms with Crippen LogP contribution in [0.1, 0.15) is 44.1 Å². The molecule has 1 aliphatic carbocycles. The van der Waals surface area contributed by atoms with Gasteiger partial charge in [0, 0.05) is 22.6 Å². The minimum atomic E-state index is 0.602. The Kier molecular flexibility index (Phi) is 6.92. The fraction of sp³-hybridized carbons (Fsp3) is 0.423. The first-order valence-corrected chi connectivity index (χ1v) is 11.3. The Hall–Kier alpha value is -2.79. The highest BCUT2D eigenvalue weighted by atomic mass is 16.5. The maximum Gasteiger partial charge on any atom is 0.204 e. The van der Waals surface area contributed by atoms with Crippen LogP contribution in [0.3, 0.4) is 0 Å². The molecular formula is C26H33N2O3+. The number of methoxy groups -OCH3 is 3. The number of pyridine rings is 1. The average Bonchev–Trinajstić information content (AvgIpc) is 3.10. The van der Waals surface area contributed by atoms with E-state index in [-0.39, 0.29) is 0 Å². The maximum absolute atomic E-state index is 5.75. The predicted octanol–water partition coefficient (Wildman–Crippen LogP) is 4.71. The van der Waals surface area contributed by atoms with Crippen molar-refractivity contribution in [1.82, 2.24) is 4.98 Å². The van der Waals surface area contributed by atoms with Crippen LogP contribution in [0.25, 0.3) is 22.2 Å². The molecule has 5 heteroatoms. The van der Waals surface area contributed by atoms with E-state index in [1.54, 1.807) is 21.3 Å². The molecule has 164 valence electrons. The number of quaternary nitrogens is 1. The number of hydrogen-bond acceptors (Lipinski definition) is 4. The quantitative estimate of drug-likeness (QED) is 0.561. The van der Waals surface area contributed by atoms with Crippen LogP contribution >= 0.6 is 0 Å². The van der Waals surface area contributed by atoms with E-state index < -0.39 is 0 Å². The van der Waals surface area contributed by atoms with Crippen molar-refractivity contribution in [2.75, 3.05) is 21.3 Å². The molecule has 0 bridgehead atoms. The van der Waals surface area contributed by atoms with Gasteiger partial charge in [-0.25, -0.2) is 4.98 Å². The van der Waals surface area contributed by atoms with Gasteiger partial charge >= 0.3 is 0 Å². The van der Waals surface area contributed by atoms with Crippen LogP contribution in [0.4, 0.5) is 0 Å². The monoisotopic (exact) mass is 421 g/mol. The van der Waals surface area contributed by atoms with Crippen LogP contribution in [0.5, 0.6) is 17.2 Å². The highest BCUT2D eigenvalue weighted by Gasteiger charge is 2.21. The number of hydrogen-bond donors (Lipinski definition) is 1. The van der Waals surface area contributed by atoms with Crippen molar-refractivity contribution >= 4 is 10.9 Å². The Morgan fingerprint density at radius 1 is 0.871 bits per heavy atom. The van der Waals surface area contributed by atoms with E-state index in [1.165, 1.54) is 44.1 Å². The Morgan fingerprint density at radius 2 is 1.58 bits per heavy atom. The van der Waals surface area contributed by atoms with Gasteiger partial charge in [-0.05, 0) is 31.7 Å². The fourth-order valence-electron chi connectivity index (χ4n) is 4.67. The zero-order chi connectivity index (χ0) is 21.6. The molecule has 0 atom stereocenters. The Morgan fingerprint density at radius 3 is 2.23 bits per heavy atom. The third-order valence-electron chi connectivity index (χ3n) is 6.32. The van der Waals surface area contributed by atoms with Gasteiger partial charge in [0.1, 0.15) is 6.54 Å². The van der Waals surface area contributed by atoms with Crippen molar-refractivity contribution in [1.29, 1.82) is 0 Å². The summed E-state index contributed by atoms with van der Waals surface area (Å²) in [5.41, 5.74) is 4.20. The van der Waals surface area contributed by atoms with Crippen molar-refractivity contribution in [2.45, 2.75) is 51.1 Å². The van der Waals surface area contributed by atoms with Crippen LogP contribution < -0.4 is 19.5 Å². The molecule has 2 aromatic carbocycles. The van der Waals surface area contributed by atoms with E-state index in [0.717, 1.165) is 28.7 Å². The number of nitrogens with two attached hydrogens (primary N) is 1. The number of nitrogens with zero attached hydrogens (tertiary/aromatic N) is 1. The van der Waals surface area contributed by atoms with Gasteiger partial charge in [-0.15, -0.1) is 0 Å². The molecule has 2 N–H and O–H groups in total. The van der Waals surface area contributed by atoms with Crippen molar-refractivity contribution in [3.8, 4) is 28.5 Å². The van der Waals surface area contributed by atoms with E-state index in [4.69, 9.17) is 19.2 Å². The fourth-order valence-corrected chi connectivity index (χ4v) is 4.67. The Labute approximate surface area is 184 Å². The first-order valence-electron chi connectivity index (χ1n) is 11.3. The largest absolute Gasteiger partial charge is 0.493 e. The lowest BCUT2D eigenvalue weighted by Gasteiger charge is -2.18. The topological polar surface area (TPSA) is 57.2 Å². The van der Waals surface area contributed by atoms with Crippen LogP contribution in [-0.4, -0.2) is 32.4 Å². The summed E-state index contributed by atoms with van der Waals surface area (Å²) >= 11 is 0. The van der Waals surface area contributed by atoms with Crippen molar-refractivity contribution in [3.05, 3.63) is 48.0 Å². The van der Waals surface area contributed by atoms with Crippen LogP contribution in [-0.2, 0) is 6.54 Å². The SMILES string of the molecule is COc1cc2nc(-c3ccccc3)c(C[NH2+]C3CCCCCC3)cc2c(OC)c1OC. The highest BCUT2D eigenvalue weighted by Crippen LogP contribution is 2.43. The molecule has 3 aromatic rings. The first-order chi connectivity index (χ1) is 15.2. The molecule has 0 radical (unpaired) electrons. The summed E-state index contributed by atoms with van der Waals surface area (Å²) in [7, 11) is 4.94. The van der Waals surface area contributed by atoms with Gasteiger partial charge in [0.05, 0.1) is 38.6 Å². The van der Waals surface area contributed by atoms with Crippen molar-refractivity contribution in [2.24, 2.45) is 0 Å². The summed E-state index contributed by atoms with van der Waals surface area (Å²) in [6.07, 6.45) is 8.03. The molecule has 0 spiro atoms. The molecule has 0 amide bonds. The van der Waals surface area contributed by atoms with E-state index in [9.17, 15) is 0 Å². The maximum atomic E-state index is 5.75. The van der Waals surface area contributed by atoms with E-state index >= 15 is 0 Å². The van der Waals surface area contributed by atoms with Gasteiger partial charge in [0.15, 0.2) is 11.5 Å². The number of ether oxygens (including phenoxy) is 3. The van der Waals surface area contributed by atoms with Crippen LogP contribution in [0, 0.1) is 0 Å². The molecule has 1 heterocycles. The van der Waals surface area contributed by atoms with Gasteiger partial charge in [0.2, 0.25) is 5.75 Å². The lowest BCUT2D eigenvalue weighted by Crippen LogP contribution is -2.88. The summed E-state index contributed by atoms with van der Waals surface area (Å²) in [5, 5.41) is 3.46. The second-order valence-electron chi connectivity index (χ2n) is 8.27. The molecule has 0 saturated heterocycles. The van der Waals surface area contributed by atoms with Crippen molar-refractivity contribution < 1.29 is 19.5 Å². The number of aromatic nitrogens is 1. The van der Waals surface area contributed by atoms with Gasteiger partial charge in [-0.2, -0.15) is 0 Å². The standard InChI is InChI=1S/C26H32N2O3/c1-29-23-16-22-21(25(30-2)26(23)31-3)15-19(17-27-20-13-9-4-5-10-14-20)24(28-22)18-11-7-6-8-12-18/h6-8,11-12,15-16,20,27H,4-5,9-10,13-14,17H2,1-3H3/p+1. The number of rotatable bonds is 7. The Balaban J connectivity index is 1.81. The lowest BCUT2D eigenvalue weighted by molar-refractivity contribution is -0.705. The molecule has 0 unspecified atom stereocenters. The highest BCUT2D eigenvalue weighted by molar-refractivity contribution is 5.93. The average molecular weight is 422 g/mol. The molecule has 5 nitrogen and oxygen atoms in total. The third kappa shape index (κ3) is 4.62. The van der Waals surface area contributed by atoms with E-state index in [1.807, 2.05) is 12.1 Å². The summed E-state index contributed by atoms with van der Waals surface area (Å²) in [6, 6.07) is 15.3. The zero-order valence-electron chi connectivity index (χ0n) is 18.8. The molecule has 1 fully saturated rings. The van der Waals surface area contributed by atoms with E-state index in [2.05, 4.69) is 35.6 Å². The third-order valence-corrected chi connectivity index (χ3v) is 6.32. The normalized spacial score (nSPS) is 14.9. The smallest absolute Gasteiger partial charge is 0.204 e. The minimum absolute atomic E-state index is 0.602. The van der Waals surface area contributed by atoms with Crippen molar-refractivity contribution in [3.63, 3.8) is 0 Å². The van der Waals surface area contributed by atoms with E-state index in [0.29, 0.717) is 23.3 Å². The first kappa shape index (κ1) is 21.4. The molecule has 1 saturated carbocycles. The molecular weight excluding hydrogens is 388 g/mol. The Bertz CT molecular complexity index is 1010. The summed E-state index contributed by atoms with van der Waals surface area (Å²) < 4.78 is 16.9. The molecule has 1 aromatic heterocycles. The number of benzene rings is 2. The minimum Gasteiger partial charge on any atom is -0.493 e. The van der Waals surface area contributed by atoms with Gasteiger partial charge < -0.3 is 19.5 Å². The van der Waals surface area contributed by atoms with Crippen LogP contribution in [0.15, 0.2) is 42.5 Å². The molecule has 4 rings (SSSR count). The van der Waals surface area contributed by atoms with Gasteiger partial charge in [-0.1, -0.05) is 43.2 Å². The lowest BCUT2D eigenvalue weighted by atomic mass is 10.0. The second-order valence-corrected chi connectivity index (χ2v) is 8.27. The molecule has 1 aliphatic rings. The molecule has 0 aliphatic heterocycles. The zero-order valence-corrected chi connectivity index (χ0v) is 18.8. The summed E-state index contributed by atoms with van der Waals surface area (Å²) in [5.74, 6) is 1.89. The summed E-state index contributed by atoms with van der Waals surface area (Å²) in [6.45, 7) is 0.898. The summed E-state index contributed by atoms with van der Waals surface area (Å²) in [4.78, 5) is 5.08. The second kappa shape index (κ2) is 10.0. The van der Waals surface area contributed by atoms with Crippen LogP contribution in [0.2, 0.25) is 0 Å². The number of fused-ring (bicyclic) bond motifs is 1. The predicted molar refractivity (Wildman–Crippen MR) is 124 cm³/mol. The van der Waals surface area contributed by atoms with Gasteiger partial charge in [0.25, 0.3) is 0 Å².